The molecule has 1 aliphatic heterocycles. The van der Waals surface area contributed by atoms with Crippen LogP contribution in [0.2, 0.25) is 0 Å². The van der Waals surface area contributed by atoms with E-state index < -0.39 is 12.4 Å². The number of carbonyl (C=O) groups is 1. The van der Waals surface area contributed by atoms with Gasteiger partial charge < -0.3 is 10.0 Å². The summed E-state index contributed by atoms with van der Waals surface area (Å²) in [6, 6.07) is 5.32. The first-order valence-corrected chi connectivity index (χ1v) is 10.9. The van der Waals surface area contributed by atoms with Crippen LogP contribution in [0.5, 0.6) is 0 Å². The van der Waals surface area contributed by atoms with Gasteiger partial charge in [-0.15, -0.1) is 0 Å². The van der Waals surface area contributed by atoms with Gasteiger partial charge in [-0.1, -0.05) is 13.8 Å². The average molecular weight is 430 g/mol. The van der Waals surface area contributed by atoms with Crippen molar-refractivity contribution in [1.82, 2.24) is 9.88 Å². The van der Waals surface area contributed by atoms with Crippen molar-refractivity contribution in [3.05, 3.63) is 29.6 Å². The number of aliphatic hydroxyl groups excluding tert-OH is 1. The van der Waals surface area contributed by atoms with Crippen LogP contribution >= 0.6 is 0 Å². The number of hydrogen-bond donors (Lipinski definition) is 1. The summed E-state index contributed by atoms with van der Waals surface area (Å²) in [6.07, 6.45) is 4.13. The van der Waals surface area contributed by atoms with Crippen LogP contribution < -0.4 is 9.91 Å². The smallest absolute Gasteiger partial charge is 0.215 e. The predicted octanol–water partition coefficient (Wildman–Crippen LogP) is 3.71. The summed E-state index contributed by atoms with van der Waals surface area (Å²) >= 11 is 0. The summed E-state index contributed by atoms with van der Waals surface area (Å²) in [5.74, 6) is 0.840. The molecule has 1 amide bonds. The number of rotatable bonds is 7. The number of carbonyl (C=O) groups excluding carboxylic acids is 1. The second-order valence-corrected chi connectivity index (χ2v) is 8.18. The summed E-state index contributed by atoms with van der Waals surface area (Å²) in [6.45, 7) is 7.89. The van der Waals surface area contributed by atoms with Gasteiger partial charge in [0.05, 0.1) is 11.2 Å². The van der Waals surface area contributed by atoms with E-state index in [0.29, 0.717) is 18.5 Å². The Bertz CT molecular complexity index is 957. The highest BCUT2D eigenvalue weighted by molar-refractivity contribution is 5.92. The molecule has 1 aromatic carbocycles. The summed E-state index contributed by atoms with van der Waals surface area (Å²) in [5.41, 5.74) is 1.99. The van der Waals surface area contributed by atoms with E-state index in [1.54, 1.807) is 20.0 Å². The zero-order chi connectivity index (χ0) is 22.5. The molecule has 1 aliphatic rings. The number of anilines is 2. The van der Waals surface area contributed by atoms with E-state index in [0.717, 1.165) is 42.7 Å². The fourth-order valence-electron chi connectivity index (χ4n) is 3.98. The molecular weight excluding hydrogens is 397 g/mol. The van der Waals surface area contributed by atoms with Crippen molar-refractivity contribution in [2.75, 3.05) is 43.2 Å². The normalized spacial score (nSPS) is 14.9. The fourth-order valence-corrected chi connectivity index (χ4v) is 3.98. The number of aliphatic hydroxyl groups is 1. The van der Waals surface area contributed by atoms with E-state index in [-0.39, 0.29) is 17.4 Å². The monoisotopic (exact) mass is 429 g/mol. The largest absolute Gasteiger partial charge is 0.388 e. The van der Waals surface area contributed by atoms with E-state index in [1.807, 2.05) is 0 Å². The number of fused-ring (bicyclic) bond motifs is 1. The van der Waals surface area contributed by atoms with Crippen molar-refractivity contribution in [2.24, 2.45) is 5.10 Å². The number of amidine groups is 1. The van der Waals surface area contributed by atoms with E-state index >= 15 is 4.39 Å². The van der Waals surface area contributed by atoms with E-state index in [9.17, 15) is 9.90 Å². The number of pyridine rings is 1. The number of aromatic nitrogens is 1. The lowest BCUT2D eigenvalue weighted by Crippen LogP contribution is -2.34. The summed E-state index contributed by atoms with van der Waals surface area (Å²) in [5, 5.41) is 16.1. The zero-order valence-corrected chi connectivity index (χ0v) is 18.8. The topological polar surface area (TPSA) is 72.3 Å². The van der Waals surface area contributed by atoms with Crippen LogP contribution in [-0.2, 0) is 4.79 Å². The van der Waals surface area contributed by atoms with Crippen molar-refractivity contribution >= 4 is 34.7 Å². The van der Waals surface area contributed by atoms with Crippen LogP contribution in [0.1, 0.15) is 51.5 Å². The molecule has 1 aromatic heterocycles. The van der Waals surface area contributed by atoms with E-state index in [1.165, 1.54) is 22.4 Å². The number of halogens is 1. The Morgan fingerprint density at radius 3 is 2.58 bits per heavy atom. The van der Waals surface area contributed by atoms with Crippen LogP contribution in [0.3, 0.4) is 0 Å². The molecule has 2 aromatic rings. The predicted molar refractivity (Wildman–Crippen MR) is 123 cm³/mol. The number of benzene rings is 1. The molecule has 2 heterocycles. The van der Waals surface area contributed by atoms with Crippen LogP contribution in [-0.4, -0.2) is 60.5 Å². The Kier molecular flexibility index (Phi) is 7.43. The third-order valence-electron chi connectivity index (χ3n) is 5.75. The molecule has 0 atom stereocenters. The second kappa shape index (κ2) is 10.0. The Labute approximate surface area is 183 Å². The van der Waals surface area contributed by atoms with Crippen molar-refractivity contribution < 1.29 is 14.3 Å². The minimum absolute atomic E-state index is 0.155. The molecule has 0 radical (unpaired) electrons. The molecule has 0 saturated carbocycles. The van der Waals surface area contributed by atoms with E-state index in [4.69, 9.17) is 4.98 Å². The van der Waals surface area contributed by atoms with Crippen molar-refractivity contribution in [1.29, 1.82) is 0 Å². The summed E-state index contributed by atoms with van der Waals surface area (Å²) in [7, 11) is 1.60. The fraction of sp³-hybridized carbons (Fsp3) is 0.522. The first-order valence-electron chi connectivity index (χ1n) is 10.9. The van der Waals surface area contributed by atoms with Crippen molar-refractivity contribution in [3.63, 3.8) is 0 Å². The SMILES string of the molecule is CCN(C=O)/C(CO)=N\N(C)c1cc2c(C(C)C)cc(N3CCCCC3)nc2cc1F. The van der Waals surface area contributed by atoms with Gasteiger partial charge in [0.2, 0.25) is 6.41 Å². The molecular formula is C23H32FN5O2. The Morgan fingerprint density at radius 2 is 2.00 bits per heavy atom. The van der Waals surface area contributed by atoms with Gasteiger partial charge >= 0.3 is 0 Å². The molecule has 8 heteroatoms. The highest BCUT2D eigenvalue weighted by atomic mass is 19.1. The van der Waals surface area contributed by atoms with Gasteiger partial charge in [0.25, 0.3) is 0 Å². The highest BCUT2D eigenvalue weighted by Crippen LogP contribution is 2.33. The molecule has 0 unspecified atom stereocenters. The standard InChI is InChI=1S/C23H32FN5O2/c1-5-28(15-31)23(14-30)26-27(4)21-11-18-17(16(2)3)12-22(25-20(18)13-19(21)24)29-9-7-6-8-10-29/h11-13,15-16,30H,5-10,14H2,1-4H3/b26-23-. The molecule has 7 nitrogen and oxygen atoms in total. The minimum Gasteiger partial charge on any atom is -0.388 e. The maximum absolute atomic E-state index is 15.1. The lowest BCUT2D eigenvalue weighted by molar-refractivity contribution is -0.114. The molecule has 0 spiro atoms. The molecule has 1 fully saturated rings. The lowest BCUT2D eigenvalue weighted by atomic mass is 9.97. The maximum Gasteiger partial charge on any atom is 0.215 e. The number of likely N-dealkylation sites (N-methyl/N-ethyl adjacent to an activating group) is 1. The zero-order valence-electron chi connectivity index (χ0n) is 18.8. The van der Waals surface area contributed by atoms with Gasteiger partial charge in [-0.2, -0.15) is 5.10 Å². The first-order chi connectivity index (χ1) is 14.9. The van der Waals surface area contributed by atoms with Crippen LogP contribution in [0.4, 0.5) is 15.9 Å². The number of hydrazone groups is 1. The summed E-state index contributed by atoms with van der Waals surface area (Å²) in [4.78, 5) is 19.5. The van der Waals surface area contributed by atoms with Crippen LogP contribution in [0.15, 0.2) is 23.3 Å². The Hall–Kier alpha value is -2.74. The van der Waals surface area contributed by atoms with Crippen LogP contribution in [0.25, 0.3) is 10.9 Å². The van der Waals surface area contributed by atoms with Gasteiger partial charge in [-0.25, -0.2) is 9.37 Å². The minimum atomic E-state index is -0.455. The number of piperidine rings is 1. The molecule has 31 heavy (non-hydrogen) atoms. The van der Waals surface area contributed by atoms with Crippen molar-refractivity contribution in [3.8, 4) is 0 Å². The Balaban J connectivity index is 2.07. The maximum atomic E-state index is 15.1. The van der Waals surface area contributed by atoms with Gasteiger partial charge in [-0.05, 0) is 49.8 Å². The molecule has 1 N–H and O–H groups in total. The third kappa shape index (κ3) is 4.95. The molecule has 3 rings (SSSR count). The van der Waals surface area contributed by atoms with Crippen molar-refractivity contribution in [2.45, 2.75) is 46.0 Å². The number of nitrogens with zero attached hydrogens (tertiary/aromatic N) is 5. The van der Waals surface area contributed by atoms with Crippen LogP contribution in [0, 0.1) is 5.82 Å². The lowest BCUT2D eigenvalue weighted by Gasteiger charge is -2.29. The molecule has 0 aliphatic carbocycles. The first kappa shape index (κ1) is 22.9. The van der Waals surface area contributed by atoms with Gasteiger partial charge in [0.15, 0.2) is 11.7 Å². The number of hydrogen-bond acceptors (Lipinski definition) is 6. The Morgan fingerprint density at radius 1 is 1.29 bits per heavy atom. The van der Waals surface area contributed by atoms with Gasteiger partial charge in [0.1, 0.15) is 12.4 Å². The average Bonchev–Trinajstić information content (AvgIpc) is 2.78. The second-order valence-electron chi connectivity index (χ2n) is 8.18. The third-order valence-corrected chi connectivity index (χ3v) is 5.75. The highest BCUT2D eigenvalue weighted by Gasteiger charge is 2.19. The quantitative estimate of drug-likeness (QED) is 0.314. The van der Waals surface area contributed by atoms with Gasteiger partial charge in [-0.3, -0.25) is 14.7 Å². The molecule has 168 valence electrons. The van der Waals surface area contributed by atoms with Gasteiger partial charge in [0, 0.05) is 38.1 Å². The molecule has 1 saturated heterocycles. The summed E-state index contributed by atoms with van der Waals surface area (Å²) < 4.78 is 15.1. The molecule has 0 bridgehead atoms. The number of amides is 1. The van der Waals surface area contributed by atoms with E-state index in [2.05, 4.69) is 29.9 Å².